The summed E-state index contributed by atoms with van der Waals surface area (Å²) >= 11 is 12.3. The predicted octanol–water partition coefficient (Wildman–Crippen LogP) is 3.78. The number of terminal acetylenes is 1. The van der Waals surface area contributed by atoms with Gasteiger partial charge < -0.3 is 38.7 Å². The second kappa shape index (κ2) is 32.3. The summed E-state index contributed by atoms with van der Waals surface area (Å²) in [4.78, 5) is 98.5. The minimum Gasteiger partial charge on any atom is -0.481 e. The number of hydrogen-bond donors (Lipinski definition) is 8. The molecule has 0 bridgehead atoms. The molecule has 2 aromatic carbocycles. The number of nitrogens with one attached hydrogen (secondary N) is 5. The molecule has 0 radical (unpaired) electrons. The van der Waals surface area contributed by atoms with E-state index < -0.39 is 93.4 Å². The molecule has 5 heterocycles. The minimum absolute atomic E-state index is 0.0715. The van der Waals surface area contributed by atoms with Crippen LogP contribution in [0.4, 0.5) is 34.7 Å². The Kier molecular flexibility index (Phi) is 26.3. The third kappa shape index (κ3) is 22.5. The lowest BCUT2D eigenvalue weighted by molar-refractivity contribution is -0.136. The fraction of sp³-hybridized carbons (Fsp3) is 0.333. The number of sulfonamides is 2. The zero-order valence-corrected chi connectivity index (χ0v) is 50.9. The second-order valence-electron chi connectivity index (χ2n) is 17.5. The molecular formula is C48H55Cl2F3N15O17PS2. The number of anilines is 2. The van der Waals surface area contributed by atoms with E-state index in [-0.39, 0.29) is 58.9 Å². The molecule has 6 aromatic rings. The molecule has 0 atom stereocenters. The molecule has 88 heavy (non-hydrogen) atoms. The van der Waals surface area contributed by atoms with Crippen molar-refractivity contribution in [1.29, 1.82) is 0 Å². The first-order valence-electron chi connectivity index (χ1n) is 24.6. The number of hydrogen-bond acceptors (Lipinski definition) is 22. The van der Waals surface area contributed by atoms with Gasteiger partial charge in [-0.1, -0.05) is 47.3 Å². The van der Waals surface area contributed by atoms with Gasteiger partial charge in [0.1, 0.15) is 24.0 Å². The summed E-state index contributed by atoms with van der Waals surface area (Å²) in [7, 11) is -6.09. The lowest BCUT2D eigenvalue weighted by Gasteiger charge is -2.14. The van der Waals surface area contributed by atoms with Crippen molar-refractivity contribution in [1.82, 2.24) is 63.9 Å². The van der Waals surface area contributed by atoms with E-state index in [0.29, 0.717) is 28.0 Å². The summed E-state index contributed by atoms with van der Waals surface area (Å²) in [5.41, 5.74) is -0.0308. The largest absolute Gasteiger partial charge is 0.481 e. The maximum atomic E-state index is 12.5. The van der Waals surface area contributed by atoms with Gasteiger partial charge in [0.05, 0.1) is 66.4 Å². The lowest BCUT2D eigenvalue weighted by Crippen LogP contribution is -2.36. The van der Waals surface area contributed by atoms with Crippen LogP contribution in [0.25, 0.3) is 5.69 Å². The van der Waals surface area contributed by atoms with E-state index in [9.17, 15) is 58.5 Å². The van der Waals surface area contributed by atoms with Gasteiger partial charge in [-0.15, -0.1) is 11.5 Å². The number of amides is 5. The van der Waals surface area contributed by atoms with Crippen molar-refractivity contribution in [3.05, 3.63) is 104 Å². The number of nitrogens with zero attached hydrogens (tertiary/aromatic N) is 10. The standard InChI is InChI=1S/C15H13Cl2N3O2.C15H16F3N5O4S.C15H18N6O6S.C3H8NO5P/c1-2-7-22-13-9-12(10(16)8-11(13)17)20-15(21)19-6-4-3-5-14(19)18-20;1-9-19-12(22-14(20-9)27-2)21-13(24)23-28(25,26)11-6-4-3-5-10(11)7-8-15(16,17)18;1-21(2)13(22)9-6-5-7-16-12(9)28(24,25)20-15(23)19-14-17-10(26-3)8-11(18-14)27-4;5-3(6)1-4-2-10(7,8)9/h1,8-9H,3-7H2;3-6H,7-8H2,1-2H3,(H2,19,20,21,22,23,24);5-8H,1-4H3,(H2,17,18,19,20,23);4H,1-2H2,(H,5,6)(H2,7,8,9). The fourth-order valence-electron chi connectivity index (χ4n) is 6.91. The number of carbonyl (C=O) groups is 4. The van der Waals surface area contributed by atoms with Crippen LogP contribution >= 0.6 is 30.8 Å². The Morgan fingerprint density at radius 3 is 2.05 bits per heavy atom. The number of aromatic nitrogens is 9. The molecule has 8 N–H and O–H groups in total. The minimum atomic E-state index is -4.46. The number of benzene rings is 2. The van der Waals surface area contributed by atoms with Crippen molar-refractivity contribution in [3.8, 4) is 41.6 Å². The van der Waals surface area contributed by atoms with E-state index >= 15 is 0 Å². The quantitative estimate of drug-likeness (QED) is 0.0422. The number of urea groups is 2. The van der Waals surface area contributed by atoms with E-state index in [1.54, 1.807) is 20.1 Å². The van der Waals surface area contributed by atoms with Gasteiger partial charge in [0.15, 0.2) is 5.03 Å². The molecule has 7 rings (SSSR count). The number of carboxylic acids is 1. The first kappa shape index (κ1) is 71.7. The zero-order valence-electron chi connectivity index (χ0n) is 46.9. The van der Waals surface area contributed by atoms with Crippen LogP contribution in [-0.2, 0) is 48.8 Å². The highest BCUT2D eigenvalue weighted by Crippen LogP contribution is 2.34. The van der Waals surface area contributed by atoms with Crippen molar-refractivity contribution in [3.63, 3.8) is 0 Å². The van der Waals surface area contributed by atoms with Crippen LogP contribution in [0.15, 0.2) is 75.5 Å². The fourth-order valence-corrected chi connectivity index (χ4v) is 10.0. The number of alkyl halides is 3. The highest BCUT2D eigenvalue weighted by atomic mass is 35.5. The van der Waals surface area contributed by atoms with Crippen LogP contribution < -0.4 is 50.0 Å². The van der Waals surface area contributed by atoms with Gasteiger partial charge in [-0.25, -0.2) is 37.2 Å². The third-order valence-corrected chi connectivity index (χ3v) is 14.6. The third-order valence-electron chi connectivity index (χ3n) is 10.6. The van der Waals surface area contributed by atoms with Gasteiger partial charge in [0.25, 0.3) is 26.0 Å². The summed E-state index contributed by atoms with van der Waals surface area (Å²) in [5, 5.41) is 18.8. The Balaban J connectivity index is 0.000000263. The Morgan fingerprint density at radius 1 is 0.852 bits per heavy atom. The summed E-state index contributed by atoms with van der Waals surface area (Å²) < 4.78 is 124. The zero-order chi connectivity index (χ0) is 65.7. The van der Waals surface area contributed by atoms with Gasteiger partial charge in [-0.3, -0.25) is 34.7 Å². The maximum Gasteiger partial charge on any atom is 0.389 e. The molecule has 0 fully saturated rings. The lowest BCUT2D eigenvalue weighted by atomic mass is 10.1. The number of carboxylic acid groups (broad SMARTS) is 1. The number of fused-ring (bicyclic) bond motifs is 1. The van der Waals surface area contributed by atoms with Crippen LogP contribution in [0.2, 0.25) is 10.0 Å². The molecular weight excluding hydrogens is 1280 g/mol. The highest BCUT2D eigenvalue weighted by Gasteiger charge is 2.30. The summed E-state index contributed by atoms with van der Waals surface area (Å²) in [6.45, 7) is 1.82. The van der Waals surface area contributed by atoms with Crippen molar-refractivity contribution < 1.29 is 87.6 Å². The SMILES string of the molecule is C#CCOc1cc(-n2nc3n(c2=O)CCCC3)c(Cl)cc1Cl.COc1cc(OC)nc(NC(=O)NS(=O)(=O)c2ncccc2C(=O)N(C)C)n1.COc1nc(C)nc(NC(=O)NS(=O)(=O)c2ccccc2CCC(F)(F)F)n1.O=C(O)CNCP(=O)(O)O. The Morgan fingerprint density at radius 2 is 1.48 bits per heavy atom. The molecule has 4 aromatic heterocycles. The molecule has 0 unspecified atom stereocenters. The normalized spacial score (nSPS) is 11.8. The molecule has 0 spiro atoms. The van der Waals surface area contributed by atoms with E-state index in [4.69, 9.17) is 63.5 Å². The first-order valence-corrected chi connectivity index (χ1v) is 30.2. The topological polar surface area (TPSA) is 432 Å². The molecule has 0 saturated carbocycles. The monoisotopic (exact) mass is 1340 g/mol. The van der Waals surface area contributed by atoms with Crippen LogP contribution in [0.1, 0.15) is 46.8 Å². The molecule has 0 aliphatic carbocycles. The van der Waals surface area contributed by atoms with Gasteiger partial charge in [-0.05, 0) is 56.0 Å². The van der Waals surface area contributed by atoms with Gasteiger partial charge in [0.2, 0.25) is 23.7 Å². The van der Waals surface area contributed by atoms with E-state index in [1.165, 1.54) is 101 Å². The average Bonchev–Trinajstić information content (AvgIpc) is 2.85. The van der Waals surface area contributed by atoms with E-state index in [1.807, 2.05) is 0 Å². The highest BCUT2D eigenvalue weighted by molar-refractivity contribution is 7.90. The summed E-state index contributed by atoms with van der Waals surface area (Å²) in [6, 6.07) is 9.82. The molecule has 476 valence electrons. The summed E-state index contributed by atoms with van der Waals surface area (Å²) in [6.07, 6.45) is 2.37. The van der Waals surface area contributed by atoms with Crippen LogP contribution in [0, 0.1) is 19.3 Å². The van der Waals surface area contributed by atoms with Crippen LogP contribution in [0.5, 0.6) is 23.5 Å². The molecule has 5 amide bonds. The van der Waals surface area contributed by atoms with E-state index in [2.05, 4.69) is 56.9 Å². The van der Waals surface area contributed by atoms with E-state index in [0.717, 1.165) is 31.2 Å². The number of carbonyl (C=O) groups excluding carboxylic acids is 3. The Bertz CT molecular complexity index is 3850. The van der Waals surface area contributed by atoms with Crippen molar-refractivity contribution in [2.24, 2.45) is 0 Å². The summed E-state index contributed by atoms with van der Waals surface area (Å²) in [5.74, 6) is 1.65. The smallest absolute Gasteiger partial charge is 0.389 e. The van der Waals surface area contributed by atoms with Crippen molar-refractivity contribution in [2.45, 2.75) is 61.7 Å². The molecule has 1 aliphatic rings. The number of rotatable bonds is 19. The number of aryl methyl sites for hydroxylation is 3. The number of aliphatic carboxylic acids is 1. The predicted molar refractivity (Wildman–Crippen MR) is 306 cm³/mol. The van der Waals surface area contributed by atoms with Gasteiger partial charge in [0, 0.05) is 45.7 Å². The molecule has 1 aliphatic heterocycles. The number of ether oxygens (including phenoxy) is 4. The number of pyridine rings is 1. The van der Waals surface area contributed by atoms with Crippen molar-refractivity contribution >= 4 is 86.7 Å². The average molecular weight is 1340 g/mol. The van der Waals surface area contributed by atoms with Crippen LogP contribution in [-0.4, -0.2) is 166 Å². The number of halogens is 5. The molecule has 0 saturated heterocycles. The van der Waals surface area contributed by atoms with Gasteiger partial charge in [-0.2, -0.15) is 51.2 Å². The number of methoxy groups -OCH3 is 3. The Labute approximate surface area is 508 Å². The molecule has 32 nitrogen and oxygen atoms in total. The molecule has 40 heteroatoms. The van der Waals surface area contributed by atoms with Crippen molar-refractivity contribution in [2.75, 3.05) is 65.5 Å². The Hall–Kier alpha value is -8.76. The second-order valence-corrected chi connectivity index (χ2v) is 23.2. The van der Waals surface area contributed by atoms with Gasteiger partial charge >= 0.3 is 43.5 Å². The first-order chi connectivity index (χ1) is 41.2. The van der Waals surface area contributed by atoms with Crippen LogP contribution in [0.3, 0.4) is 0 Å². The maximum absolute atomic E-state index is 12.5.